The van der Waals surface area contributed by atoms with Crippen molar-refractivity contribution in [3.63, 3.8) is 0 Å². The Hall–Kier alpha value is -0.410. The van der Waals surface area contributed by atoms with Crippen LogP contribution in [-0.4, -0.2) is 42.5 Å². The van der Waals surface area contributed by atoms with Gasteiger partial charge in [0, 0.05) is 12.5 Å². The summed E-state index contributed by atoms with van der Waals surface area (Å²) < 4.78 is 6.02. The van der Waals surface area contributed by atoms with E-state index in [2.05, 4.69) is 25.9 Å². The number of hydrogen-bond acceptors (Lipinski definition) is 3. The molecule has 0 bridgehead atoms. The summed E-state index contributed by atoms with van der Waals surface area (Å²) in [5, 5.41) is 0. The first-order valence-corrected chi connectivity index (χ1v) is 8.83. The summed E-state index contributed by atoms with van der Waals surface area (Å²) in [5.74, 6) is 1.42. The van der Waals surface area contributed by atoms with E-state index in [4.69, 9.17) is 4.74 Å². The highest BCUT2D eigenvalue weighted by Crippen LogP contribution is 2.47. The molecule has 3 nitrogen and oxygen atoms in total. The monoisotopic (exact) mass is 293 g/mol. The Balaban J connectivity index is 1.77. The van der Waals surface area contributed by atoms with Crippen LogP contribution in [0.5, 0.6) is 0 Å². The average molecular weight is 293 g/mol. The standard InChI is InChI=1S/C18H31NO2/c1-14-6-4-10-18(12-14,19(2)3)16(20)15-7-11-21-17(13-15)8-5-9-17/h14-15H,4-13H2,1-3H3. The first-order chi connectivity index (χ1) is 9.97. The van der Waals surface area contributed by atoms with Crippen LogP contribution in [-0.2, 0) is 9.53 Å². The summed E-state index contributed by atoms with van der Waals surface area (Å²) in [6, 6.07) is 0. The SMILES string of the molecule is CC1CCCC(C(=O)C2CCOC3(CCC3)C2)(N(C)C)C1. The number of Topliss-reactive ketones (excluding diaryl/α,β-unsaturated/α-hetero) is 1. The highest BCUT2D eigenvalue weighted by Gasteiger charge is 2.50. The van der Waals surface area contributed by atoms with E-state index < -0.39 is 0 Å². The zero-order chi connectivity index (χ0) is 15.1. The summed E-state index contributed by atoms with van der Waals surface area (Å²) in [5.41, 5.74) is -0.128. The molecule has 1 spiro atoms. The van der Waals surface area contributed by atoms with Gasteiger partial charge in [-0.05, 0) is 65.0 Å². The molecule has 2 saturated carbocycles. The fourth-order valence-corrected chi connectivity index (χ4v) is 4.92. The van der Waals surface area contributed by atoms with Gasteiger partial charge in [-0.1, -0.05) is 19.8 Å². The minimum Gasteiger partial charge on any atom is -0.375 e. The van der Waals surface area contributed by atoms with E-state index in [0.717, 1.165) is 32.3 Å². The predicted octanol–water partition coefficient (Wildman–Crippen LogP) is 3.42. The van der Waals surface area contributed by atoms with Gasteiger partial charge in [0.15, 0.2) is 5.78 Å². The number of nitrogens with zero attached hydrogens (tertiary/aromatic N) is 1. The Bertz CT molecular complexity index is 402. The van der Waals surface area contributed by atoms with Gasteiger partial charge in [0.25, 0.3) is 0 Å². The van der Waals surface area contributed by atoms with Crippen LogP contribution in [0.15, 0.2) is 0 Å². The third-order valence-corrected chi connectivity index (χ3v) is 6.42. The molecule has 1 heterocycles. The number of rotatable bonds is 3. The number of carbonyl (C=O) groups excluding carboxylic acids is 1. The maximum Gasteiger partial charge on any atom is 0.156 e. The molecule has 0 amide bonds. The lowest BCUT2D eigenvalue weighted by Crippen LogP contribution is -2.58. The van der Waals surface area contributed by atoms with E-state index in [-0.39, 0.29) is 17.1 Å². The van der Waals surface area contributed by atoms with Gasteiger partial charge in [-0.25, -0.2) is 0 Å². The van der Waals surface area contributed by atoms with Crippen molar-refractivity contribution in [2.75, 3.05) is 20.7 Å². The third kappa shape index (κ3) is 2.68. The van der Waals surface area contributed by atoms with E-state index in [0.29, 0.717) is 11.7 Å². The van der Waals surface area contributed by atoms with Crippen molar-refractivity contribution in [2.45, 2.75) is 75.9 Å². The van der Waals surface area contributed by atoms with Crippen molar-refractivity contribution >= 4 is 5.78 Å². The second-order valence-electron chi connectivity index (χ2n) is 8.07. The smallest absolute Gasteiger partial charge is 0.156 e. The maximum atomic E-state index is 13.4. The zero-order valence-corrected chi connectivity index (χ0v) is 14.0. The Morgan fingerprint density at radius 2 is 1.86 bits per heavy atom. The number of hydrogen-bond donors (Lipinski definition) is 0. The van der Waals surface area contributed by atoms with Crippen LogP contribution in [0.25, 0.3) is 0 Å². The minimum atomic E-state index is -0.204. The van der Waals surface area contributed by atoms with Crippen LogP contribution in [0.4, 0.5) is 0 Å². The molecule has 3 unspecified atom stereocenters. The van der Waals surface area contributed by atoms with Gasteiger partial charge < -0.3 is 4.74 Å². The van der Waals surface area contributed by atoms with E-state index in [9.17, 15) is 4.79 Å². The molecule has 3 aliphatic rings. The number of ether oxygens (including phenoxy) is 1. The average Bonchev–Trinajstić information content (AvgIpc) is 2.44. The lowest BCUT2D eigenvalue weighted by atomic mass is 9.65. The fourth-order valence-electron chi connectivity index (χ4n) is 4.92. The van der Waals surface area contributed by atoms with Crippen molar-refractivity contribution in [3.05, 3.63) is 0 Å². The topological polar surface area (TPSA) is 29.5 Å². The van der Waals surface area contributed by atoms with Gasteiger partial charge in [-0.3, -0.25) is 9.69 Å². The Kier molecular flexibility index (Phi) is 4.17. The van der Waals surface area contributed by atoms with Crippen LogP contribution < -0.4 is 0 Å². The largest absolute Gasteiger partial charge is 0.375 e. The summed E-state index contributed by atoms with van der Waals surface area (Å²) >= 11 is 0. The molecule has 0 aromatic carbocycles. The third-order valence-electron chi connectivity index (χ3n) is 6.42. The van der Waals surface area contributed by atoms with E-state index in [1.807, 2.05) is 0 Å². The quantitative estimate of drug-likeness (QED) is 0.798. The Labute approximate surface area is 129 Å². The molecule has 3 rings (SSSR count). The normalized spacial score (nSPS) is 39.2. The Morgan fingerprint density at radius 3 is 2.43 bits per heavy atom. The molecule has 0 aromatic heterocycles. The van der Waals surface area contributed by atoms with Crippen LogP contribution >= 0.6 is 0 Å². The van der Waals surface area contributed by atoms with Crippen LogP contribution in [0.2, 0.25) is 0 Å². The van der Waals surface area contributed by atoms with Gasteiger partial charge in [0.2, 0.25) is 0 Å². The van der Waals surface area contributed by atoms with Crippen molar-refractivity contribution in [2.24, 2.45) is 11.8 Å². The molecule has 21 heavy (non-hydrogen) atoms. The van der Waals surface area contributed by atoms with Gasteiger partial charge in [-0.2, -0.15) is 0 Å². The highest BCUT2D eigenvalue weighted by atomic mass is 16.5. The van der Waals surface area contributed by atoms with Gasteiger partial charge in [0.1, 0.15) is 0 Å². The van der Waals surface area contributed by atoms with Crippen molar-refractivity contribution in [1.29, 1.82) is 0 Å². The first-order valence-electron chi connectivity index (χ1n) is 8.83. The molecular formula is C18H31NO2. The van der Waals surface area contributed by atoms with E-state index >= 15 is 0 Å². The van der Waals surface area contributed by atoms with Crippen molar-refractivity contribution in [1.82, 2.24) is 4.90 Å². The lowest BCUT2D eigenvalue weighted by Gasteiger charge is -2.50. The molecule has 3 atom stereocenters. The molecule has 3 fully saturated rings. The second-order valence-corrected chi connectivity index (χ2v) is 8.07. The fraction of sp³-hybridized carbons (Fsp3) is 0.944. The van der Waals surface area contributed by atoms with Gasteiger partial charge in [-0.15, -0.1) is 0 Å². The molecule has 1 aliphatic heterocycles. The summed E-state index contributed by atoms with van der Waals surface area (Å²) in [6.07, 6.45) is 10.1. The zero-order valence-electron chi connectivity index (χ0n) is 14.0. The molecule has 0 aromatic rings. The summed E-state index contributed by atoms with van der Waals surface area (Å²) in [4.78, 5) is 15.6. The molecule has 1 saturated heterocycles. The number of ketones is 1. The van der Waals surface area contributed by atoms with Crippen LogP contribution in [0, 0.1) is 11.8 Å². The molecule has 0 N–H and O–H groups in total. The van der Waals surface area contributed by atoms with E-state index in [1.165, 1.54) is 32.1 Å². The number of likely N-dealkylation sites (N-methyl/N-ethyl adjacent to an activating group) is 1. The van der Waals surface area contributed by atoms with Crippen molar-refractivity contribution < 1.29 is 9.53 Å². The predicted molar refractivity (Wildman–Crippen MR) is 84.3 cm³/mol. The summed E-state index contributed by atoms with van der Waals surface area (Å²) in [6.45, 7) is 3.09. The van der Waals surface area contributed by atoms with Crippen LogP contribution in [0.1, 0.15) is 64.7 Å². The molecular weight excluding hydrogens is 262 g/mol. The lowest BCUT2D eigenvalue weighted by molar-refractivity contribution is -0.163. The van der Waals surface area contributed by atoms with E-state index in [1.54, 1.807) is 0 Å². The molecule has 0 radical (unpaired) electrons. The second kappa shape index (κ2) is 5.66. The minimum absolute atomic E-state index is 0.0758. The van der Waals surface area contributed by atoms with Gasteiger partial charge in [0.05, 0.1) is 11.1 Å². The molecule has 3 heteroatoms. The number of carbonyl (C=O) groups is 1. The Morgan fingerprint density at radius 1 is 1.10 bits per heavy atom. The molecule has 2 aliphatic carbocycles. The van der Waals surface area contributed by atoms with Crippen molar-refractivity contribution in [3.8, 4) is 0 Å². The maximum absolute atomic E-state index is 13.4. The van der Waals surface area contributed by atoms with Gasteiger partial charge >= 0.3 is 0 Å². The molecule has 120 valence electrons. The highest BCUT2D eigenvalue weighted by molar-refractivity contribution is 5.90. The first kappa shape index (κ1) is 15.5. The summed E-state index contributed by atoms with van der Waals surface area (Å²) in [7, 11) is 4.21. The van der Waals surface area contributed by atoms with Crippen LogP contribution in [0.3, 0.4) is 0 Å².